The molecule has 0 radical (unpaired) electrons. The Morgan fingerprint density at radius 3 is 2.68 bits per heavy atom. The molecule has 130 valence electrons. The van der Waals surface area contributed by atoms with Crippen LogP contribution in [0.2, 0.25) is 5.02 Å². The summed E-state index contributed by atoms with van der Waals surface area (Å²) in [6.45, 7) is 6.11. The number of halogens is 1. The minimum absolute atomic E-state index is 0.130. The topological polar surface area (TPSA) is 70.2 Å². The van der Waals surface area contributed by atoms with Gasteiger partial charge in [0, 0.05) is 16.8 Å². The molecule has 0 saturated heterocycles. The number of esters is 1. The lowest BCUT2D eigenvalue weighted by Crippen LogP contribution is -2.07. The number of rotatable bonds is 5. The summed E-state index contributed by atoms with van der Waals surface area (Å²) >= 11 is 5.95. The average Bonchev–Trinajstić information content (AvgIpc) is 3.22. The number of carbonyl (C=O) groups excluding carboxylic acids is 1. The summed E-state index contributed by atoms with van der Waals surface area (Å²) in [6, 6.07) is 7.34. The zero-order valence-electron chi connectivity index (χ0n) is 14.2. The molecule has 0 bridgehead atoms. The molecule has 0 aliphatic carbocycles. The first kappa shape index (κ1) is 17.2. The van der Waals surface area contributed by atoms with Gasteiger partial charge in [-0.05, 0) is 37.1 Å². The quantitative estimate of drug-likeness (QED) is 0.628. The van der Waals surface area contributed by atoms with Crippen molar-refractivity contribution < 1.29 is 13.9 Å². The number of aromatic nitrogens is 3. The van der Waals surface area contributed by atoms with Gasteiger partial charge in [0.05, 0.1) is 12.3 Å². The highest BCUT2D eigenvalue weighted by Gasteiger charge is 2.25. The minimum Gasteiger partial charge on any atom is -0.461 e. The fourth-order valence-electron chi connectivity index (χ4n) is 2.47. The summed E-state index contributed by atoms with van der Waals surface area (Å²) in [6.07, 6.45) is 3.15. The van der Waals surface area contributed by atoms with Crippen LogP contribution in [-0.4, -0.2) is 27.3 Å². The van der Waals surface area contributed by atoms with Crippen molar-refractivity contribution in [1.82, 2.24) is 14.8 Å². The maximum atomic E-state index is 12.1. The van der Waals surface area contributed by atoms with E-state index in [-0.39, 0.29) is 18.2 Å². The standard InChI is InChI=1S/C18H18ClN3O3/c1-4-24-18(23)16-17(25-10-20-16)15-14(11(2)3)9-22(21-15)13-7-5-12(19)6-8-13/h5-11H,4H2,1-3H3. The molecule has 0 aliphatic heterocycles. The number of carbonyl (C=O) groups is 1. The molecule has 2 aromatic heterocycles. The van der Waals surface area contributed by atoms with Crippen LogP contribution < -0.4 is 0 Å². The monoisotopic (exact) mass is 359 g/mol. The van der Waals surface area contributed by atoms with E-state index in [1.54, 1.807) is 23.7 Å². The van der Waals surface area contributed by atoms with Crippen LogP contribution in [0.25, 0.3) is 17.1 Å². The van der Waals surface area contributed by atoms with Crippen molar-refractivity contribution in [3.05, 3.63) is 53.1 Å². The summed E-state index contributed by atoms with van der Waals surface area (Å²) in [4.78, 5) is 16.1. The Morgan fingerprint density at radius 2 is 2.04 bits per heavy atom. The summed E-state index contributed by atoms with van der Waals surface area (Å²) < 4.78 is 12.2. The summed E-state index contributed by atoms with van der Waals surface area (Å²) in [5.74, 6) is -0.0342. The van der Waals surface area contributed by atoms with E-state index in [0.717, 1.165) is 11.3 Å². The molecule has 3 aromatic rings. The van der Waals surface area contributed by atoms with Crippen LogP contribution in [0.15, 0.2) is 41.3 Å². The maximum absolute atomic E-state index is 12.1. The molecule has 7 heteroatoms. The first-order valence-corrected chi connectivity index (χ1v) is 8.35. The smallest absolute Gasteiger partial charge is 0.361 e. The van der Waals surface area contributed by atoms with Gasteiger partial charge in [0.2, 0.25) is 0 Å². The minimum atomic E-state index is -0.526. The second kappa shape index (κ2) is 7.11. The molecule has 2 heterocycles. The molecule has 25 heavy (non-hydrogen) atoms. The summed E-state index contributed by atoms with van der Waals surface area (Å²) in [5, 5.41) is 5.26. The maximum Gasteiger partial charge on any atom is 0.361 e. The van der Waals surface area contributed by atoms with Gasteiger partial charge in [-0.3, -0.25) is 0 Å². The normalized spacial score (nSPS) is 11.1. The molecule has 0 unspecified atom stereocenters. The van der Waals surface area contributed by atoms with Crippen molar-refractivity contribution in [1.29, 1.82) is 0 Å². The predicted octanol–water partition coefficient (Wildman–Crippen LogP) is 4.48. The number of hydrogen-bond donors (Lipinski definition) is 0. The average molecular weight is 360 g/mol. The Bertz CT molecular complexity index is 881. The molecule has 0 N–H and O–H groups in total. The molecule has 1 aromatic carbocycles. The van der Waals surface area contributed by atoms with Crippen LogP contribution in [0.1, 0.15) is 42.7 Å². The van der Waals surface area contributed by atoms with Crippen molar-refractivity contribution in [3.63, 3.8) is 0 Å². The second-order valence-corrected chi connectivity index (χ2v) is 6.20. The Labute approximate surface area is 150 Å². The van der Waals surface area contributed by atoms with E-state index in [9.17, 15) is 4.79 Å². The lowest BCUT2D eigenvalue weighted by molar-refractivity contribution is 0.0520. The molecule has 0 amide bonds. The lowest BCUT2D eigenvalue weighted by Gasteiger charge is -2.04. The van der Waals surface area contributed by atoms with E-state index >= 15 is 0 Å². The van der Waals surface area contributed by atoms with E-state index in [1.165, 1.54) is 6.39 Å². The largest absolute Gasteiger partial charge is 0.461 e. The Balaban J connectivity index is 2.09. The van der Waals surface area contributed by atoms with Gasteiger partial charge in [-0.15, -0.1) is 0 Å². The number of nitrogens with zero attached hydrogens (tertiary/aromatic N) is 3. The Hall–Kier alpha value is -2.60. The lowest BCUT2D eigenvalue weighted by atomic mass is 10.0. The van der Waals surface area contributed by atoms with E-state index in [2.05, 4.69) is 10.1 Å². The molecule has 0 atom stereocenters. The molecule has 6 nitrogen and oxygen atoms in total. The van der Waals surface area contributed by atoms with Crippen LogP contribution in [-0.2, 0) is 4.74 Å². The van der Waals surface area contributed by atoms with Crippen LogP contribution in [0.5, 0.6) is 0 Å². The molecule has 0 aliphatic rings. The van der Waals surface area contributed by atoms with Gasteiger partial charge in [-0.2, -0.15) is 5.10 Å². The highest BCUT2D eigenvalue weighted by atomic mass is 35.5. The zero-order chi connectivity index (χ0) is 18.0. The first-order valence-electron chi connectivity index (χ1n) is 7.97. The summed E-state index contributed by atoms with van der Waals surface area (Å²) in [5.41, 5.74) is 2.50. The SMILES string of the molecule is CCOC(=O)c1ncoc1-c1nn(-c2ccc(Cl)cc2)cc1C(C)C. The third kappa shape index (κ3) is 3.44. The Kier molecular flexibility index (Phi) is 4.90. The first-order chi connectivity index (χ1) is 12.0. The van der Waals surface area contributed by atoms with Crippen molar-refractivity contribution >= 4 is 17.6 Å². The zero-order valence-corrected chi connectivity index (χ0v) is 14.9. The summed E-state index contributed by atoms with van der Waals surface area (Å²) in [7, 11) is 0. The van der Waals surface area contributed by atoms with Crippen LogP contribution in [0.3, 0.4) is 0 Å². The molecular formula is C18H18ClN3O3. The van der Waals surface area contributed by atoms with Crippen molar-refractivity contribution in [2.45, 2.75) is 26.7 Å². The molecule has 0 spiro atoms. The number of oxazole rings is 1. The van der Waals surface area contributed by atoms with E-state index in [0.29, 0.717) is 16.5 Å². The predicted molar refractivity (Wildman–Crippen MR) is 94.1 cm³/mol. The van der Waals surface area contributed by atoms with Crippen LogP contribution in [0.4, 0.5) is 0 Å². The van der Waals surface area contributed by atoms with Gasteiger partial charge in [-0.1, -0.05) is 25.4 Å². The third-order valence-electron chi connectivity index (χ3n) is 3.71. The fourth-order valence-corrected chi connectivity index (χ4v) is 2.60. The fraction of sp³-hybridized carbons (Fsp3) is 0.278. The van der Waals surface area contributed by atoms with Gasteiger partial charge in [-0.25, -0.2) is 14.5 Å². The van der Waals surface area contributed by atoms with Gasteiger partial charge >= 0.3 is 5.97 Å². The van der Waals surface area contributed by atoms with Gasteiger partial charge in [0.15, 0.2) is 17.8 Å². The molecule has 0 saturated carbocycles. The van der Waals surface area contributed by atoms with E-state index in [1.807, 2.05) is 32.2 Å². The molecule has 3 rings (SSSR count). The molecule has 0 fully saturated rings. The van der Waals surface area contributed by atoms with Crippen molar-refractivity contribution in [3.8, 4) is 17.1 Å². The number of ether oxygens (including phenoxy) is 1. The number of hydrogen-bond acceptors (Lipinski definition) is 5. The van der Waals surface area contributed by atoms with Crippen LogP contribution in [0, 0.1) is 0 Å². The van der Waals surface area contributed by atoms with Crippen molar-refractivity contribution in [2.24, 2.45) is 0 Å². The highest BCUT2D eigenvalue weighted by molar-refractivity contribution is 6.30. The highest BCUT2D eigenvalue weighted by Crippen LogP contribution is 2.31. The van der Waals surface area contributed by atoms with Gasteiger partial charge in [0.25, 0.3) is 0 Å². The molecular weight excluding hydrogens is 342 g/mol. The van der Waals surface area contributed by atoms with Crippen LogP contribution >= 0.6 is 11.6 Å². The van der Waals surface area contributed by atoms with Gasteiger partial charge in [0.1, 0.15) is 5.69 Å². The van der Waals surface area contributed by atoms with Gasteiger partial charge < -0.3 is 9.15 Å². The van der Waals surface area contributed by atoms with E-state index < -0.39 is 5.97 Å². The van der Waals surface area contributed by atoms with E-state index in [4.69, 9.17) is 20.8 Å². The Morgan fingerprint density at radius 1 is 1.32 bits per heavy atom. The third-order valence-corrected chi connectivity index (χ3v) is 3.96. The second-order valence-electron chi connectivity index (χ2n) is 5.76. The number of benzene rings is 1. The van der Waals surface area contributed by atoms with Crippen molar-refractivity contribution in [2.75, 3.05) is 6.61 Å².